The van der Waals surface area contributed by atoms with Gasteiger partial charge in [-0.3, -0.25) is 19.9 Å². The van der Waals surface area contributed by atoms with Gasteiger partial charge in [-0.25, -0.2) is 0 Å². The molecule has 0 aliphatic heterocycles. The SMILES string of the molecule is COc1cc(C(=O)Cc2ncccc2C)ccc1[N+](=O)[O-]. The van der Waals surface area contributed by atoms with Gasteiger partial charge in [-0.05, 0) is 30.7 Å². The molecule has 0 saturated carbocycles. The molecule has 0 saturated heterocycles. The second-order valence-electron chi connectivity index (χ2n) is 4.51. The van der Waals surface area contributed by atoms with Crippen LogP contribution in [0.1, 0.15) is 21.6 Å². The predicted molar refractivity (Wildman–Crippen MR) is 76.7 cm³/mol. The van der Waals surface area contributed by atoms with Crippen molar-refractivity contribution in [3.63, 3.8) is 0 Å². The first-order chi connectivity index (χ1) is 10.0. The first kappa shape index (κ1) is 14.6. The van der Waals surface area contributed by atoms with Gasteiger partial charge in [0.25, 0.3) is 0 Å². The normalized spacial score (nSPS) is 10.2. The zero-order valence-corrected chi connectivity index (χ0v) is 11.7. The third-order valence-corrected chi connectivity index (χ3v) is 3.14. The number of ether oxygens (including phenoxy) is 1. The largest absolute Gasteiger partial charge is 0.490 e. The fraction of sp³-hybridized carbons (Fsp3) is 0.200. The maximum absolute atomic E-state index is 12.3. The summed E-state index contributed by atoms with van der Waals surface area (Å²) in [6.07, 6.45) is 1.78. The molecule has 0 aliphatic rings. The topological polar surface area (TPSA) is 82.3 Å². The van der Waals surface area contributed by atoms with Gasteiger partial charge in [0.15, 0.2) is 11.5 Å². The highest BCUT2D eigenvalue weighted by Crippen LogP contribution is 2.28. The summed E-state index contributed by atoms with van der Waals surface area (Å²) in [4.78, 5) is 26.7. The van der Waals surface area contributed by atoms with E-state index in [-0.39, 0.29) is 23.6 Å². The van der Waals surface area contributed by atoms with E-state index in [1.807, 2.05) is 13.0 Å². The van der Waals surface area contributed by atoms with Crippen LogP contribution in [0.5, 0.6) is 5.75 Å². The summed E-state index contributed by atoms with van der Waals surface area (Å²) in [6, 6.07) is 7.78. The minimum Gasteiger partial charge on any atom is -0.490 e. The van der Waals surface area contributed by atoms with Crippen LogP contribution in [0.4, 0.5) is 5.69 Å². The van der Waals surface area contributed by atoms with Crippen molar-refractivity contribution in [3.8, 4) is 5.75 Å². The van der Waals surface area contributed by atoms with Gasteiger partial charge in [0.1, 0.15) is 0 Å². The fourth-order valence-electron chi connectivity index (χ4n) is 1.96. The highest BCUT2D eigenvalue weighted by molar-refractivity contribution is 5.98. The molecule has 0 fully saturated rings. The molecule has 21 heavy (non-hydrogen) atoms. The first-order valence-electron chi connectivity index (χ1n) is 6.29. The molecule has 1 aromatic carbocycles. The third-order valence-electron chi connectivity index (χ3n) is 3.14. The zero-order chi connectivity index (χ0) is 15.4. The van der Waals surface area contributed by atoms with Crippen molar-refractivity contribution >= 4 is 11.5 Å². The van der Waals surface area contributed by atoms with Gasteiger partial charge in [0.2, 0.25) is 0 Å². The molecule has 6 nitrogen and oxygen atoms in total. The van der Waals surface area contributed by atoms with Crippen molar-refractivity contribution in [1.82, 2.24) is 4.98 Å². The number of carbonyl (C=O) groups is 1. The summed E-state index contributed by atoms with van der Waals surface area (Å²) in [5, 5.41) is 10.8. The van der Waals surface area contributed by atoms with Gasteiger partial charge in [0.05, 0.1) is 24.1 Å². The van der Waals surface area contributed by atoms with Crippen LogP contribution >= 0.6 is 0 Å². The number of benzene rings is 1. The van der Waals surface area contributed by atoms with Crippen LogP contribution in [-0.2, 0) is 6.42 Å². The molecule has 0 amide bonds. The number of nitrogens with zero attached hydrogens (tertiary/aromatic N) is 2. The summed E-state index contributed by atoms with van der Waals surface area (Å²) in [6.45, 7) is 1.88. The molecule has 1 heterocycles. The first-order valence-corrected chi connectivity index (χ1v) is 6.29. The molecule has 108 valence electrons. The van der Waals surface area contributed by atoms with Crippen LogP contribution in [0.2, 0.25) is 0 Å². The van der Waals surface area contributed by atoms with Gasteiger partial charge >= 0.3 is 5.69 Å². The van der Waals surface area contributed by atoms with E-state index in [1.54, 1.807) is 12.3 Å². The maximum atomic E-state index is 12.3. The molecule has 0 spiro atoms. The van der Waals surface area contributed by atoms with Crippen molar-refractivity contribution < 1.29 is 14.5 Å². The Kier molecular flexibility index (Phi) is 4.27. The number of nitro groups is 1. The summed E-state index contributed by atoms with van der Waals surface area (Å²) in [5.74, 6) is -0.0893. The standard InChI is InChI=1S/C15H14N2O4/c1-10-4-3-7-16-12(10)9-14(18)11-5-6-13(17(19)20)15(8-11)21-2/h3-8H,9H2,1-2H3. The van der Waals surface area contributed by atoms with Crippen LogP contribution in [0.25, 0.3) is 0 Å². The third kappa shape index (κ3) is 3.22. The van der Waals surface area contributed by atoms with Gasteiger partial charge in [0, 0.05) is 17.8 Å². The number of aromatic nitrogens is 1. The Bertz CT molecular complexity index is 698. The Morgan fingerprint density at radius 3 is 2.76 bits per heavy atom. The molecule has 1 aromatic heterocycles. The number of aryl methyl sites for hydroxylation is 1. The van der Waals surface area contributed by atoms with Crippen LogP contribution in [0.3, 0.4) is 0 Å². The average Bonchev–Trinajstić information content (AvgIpc) is 2.48. The van der Waals surface area contributed by atoms with E-state index in [0.717, 1.165) is 5.56 Å². The van der Waals surface area contributed by atoms with Crippen molar-refractivity contribution in [3.05, 3.63) is 63.5 Å². The molecule has 0 atom stereocenters. The number of hydrogen-bond acceptors (Lipinski definition) is 5. The van der Waals surface area contributed by atoms with E-state index >= 15 is 0 Å². The lowest BCUT2D eigenvalue weighted by molar-refractivity contribution is -0.385. The highest BCUT2D eigenvalue weighted by atomic mass is 16.6. The minimum atomic E-state index is -0.546. The Hall–Kier alpha value is -2.76. The van der Waals surface area contributed by atoms with E-state index < -0.39 is 4.92 Å². The molecule has 2 rings (SSSR count). The monoisotopic (exact) mass is 286 g/mol. The molecule has 0 N–H and O–H groups in total. The fourth-order valence-corrected chi connectivity index (χ4v) is 1.96. The van der Waals surface area contributed by atoms with Crippen molar-refractivity contribution in [1.29, 1.82) is 0 Å². The lowest BCUT2D eigenvalue weighted by Crippen LogP contribution is -2.07. The van der Waals surface area contributed by atoms with Crippen molar-refractivity contribution in [2.75, 3.05) is 7.11 Å². The summed E-state index contributed by atoms with van der Waals surface area (Å²) < 4.78 is 4.96. The lowest BCUT2D eigenvalue weighted by atomic mass is 10.0. The molecular weight excluding hydrogens is 272 g/mol. The van der Waals surface area contributed by atoms with Gasteiger partial charge in [-0.2, -0.15) is 0 Å². The van der Waals surface area contributed by atoms with Crippen LogP contribution in [0.15, 0.2) is 36.5 Å². The van der Waals surface area contributed by atoms with E-state index in [1.165, 1.54) is 25.3 Å². The Balaban J connectivity index is 2.28. The number of pyridine rings is 1. The lowest BCUT2D eigenvalue weighted by Gasteiger charge is -2.06. The number of Topliss-reactive ketones (excluding diaryl/α,β-unsaturated/α-hetero) is 1. The number of methoxy groups -OCH3 is 1. The van der Waals surface area contributed by atoms with E-state index in [4.69, 9.17) is 4.74 Å². The summed E-state index contributed by atoms with van der Waals surface area (Å²) in [7, 11) is 1.33. The molecule has 0 radical (unpaired) electrons. The minimum absolute atomic E-state index is 0.0728. The quantitative estimate of drug-likeness (QED) is 0.479. The molecule has 0 unspecified atom stereocenters. The zero-order valence-electron chi connectivity index (χ0n) is 11.7. The summed E-state index contributed by atoms with van der Waals surface area (Å²) in [5.41, 5.74) is 1.82. The van der Waals surface area contributed by atoms with Crippen molar-refractivity contribution in [2.45, 2.75) is 13.3 Å². The number of rotatable bonds is 5. The van der Waals surface area contributed by atoms with Gasteiger partial charge < -0.3 is 4.74 Å². The van der Waals surface area contributed by atoms with E-state index in [0.29, 0.717) is 11.3 Å². The maximum Gasteiger partial charge on any atom is 0.310 e. The smallest absolute Gasteiger partial charge is 0.310 e. The van der Waals surface area contributed by atoms with Crippen LogP contribution in [-0.4, -0.2) is 22.8 Å². The van der Waals surface area contributed by atoms with Crippen LogP contribution < -0.4 is 4.74 Å². The second-order valence-corrected chi connectivity index (χ2v) is 4.51. The predicted octanol–water partition coefficient (Wildman–Crippen LogP) is 2.73. The average molecular weight is 286 g/mol. The Morgan fingerprint density at radius 2 is 2.14 bits per heavy atom. The highest BCUT2D eigenvalue weighted by Gasteiger charge is 2.18. The molecule has 0 aliphatic carbocycles. The molecule has 6 heteroatoms. The van der Waals surface area contributed by atoms with Crippen LogP contribution in [0, 0.1) is 17.0 Å². The Morgan fingerprint density at radius 1 is 1.38 bits per heavy atom. The number of ketones is 1. The molecular formula is C15H14N2O4. The Labute approximate surface area is 121 Å². The number of carbonyl (C=O) groups excluding carboxylic acids is 1. The van der Waals surface area contributed by atoms with Crippen molar-refractivity contribution in [2.24, 2.45) is 0 Å². The van der Waals surface area contributed by atoms with Gasteiger partial charge in [-0.15, -0.1) is 0 Å². The van der Waals surface area contributed by atoms with Gasteiger partial charge in [-0.1, -0.05) is 6.07 Å². The number of nitro benzene ring substituents is 1. The second kappa shape index (κ2) is 6.13. The van der Waals surface area contributed by atoms with E-state index in [9.17, 15) is 14.9 Å². The molecule has 2 aromatic rings. The summed E-state index contributed by atoms with van der Waals surface area (Å²) >= 11 is 0. The van der Waals surface area contributed by atoms with E-state index in [2.05, 4.69) is 4.98 Å². The number of hydrogen-bond donors (Lipinski definition) is 0. The molecule has 0 bridgehead atoms.